The van der Waals surface area contributed by atoms with Crippen LogP contribution >= 0.6 is 11.8 Å². The minimum absolute atomic E-state index is 0.411. The normalized spacial score (nSPS) is 10.9. The molecule has 1 nitrogen and oxygen atoms in total. The summed E-state index contributed by atoms with van der Waals surface area (Å²) in [4.78, 5) is 11.5. The van der Waals surface area contributed by atoms with Crippen molar-refractivity contribution >= 4 is 16.9 Å². The molecule has 2 heteroatoms. The van der Waals surface area contributed by atoms with Crippen molar-refractivity contribution in [1.29, 1.82) is 0 Å². The van der Waals surface area contributed by atoms with Gasteiger partial charge in [-0.2, -0.15) is 0 Å². The number of hydrogen-bond acceptors (Lipinski definition) is 2. The van der Waals surface area contributed by atoms with Crippen LogP contribution in [0.25, 0.3) is 0 Å². The van der Waals surface area contributed by atoms with Crippen LogP contribution in [0.4, 0.5) is 0 Å². The Labute approximate surface area is 131 Å². The van der Waals surface area contributed by atoms with E-state index in [4.69, 9.17) is 0 Å². The lowest BCUT2D eigenvalue weighted by molar-refractivity contribution is -0.111. The minimum Gasteiger partial charge on any atom is -0.287 e. The van der Waals surface area contributed by atoms with E-state index in [-0.39, 0.29) is 0 Å². The molecule has 0 unspecified atom stereocenters. The first-order valence-electron chi connectivity index (χ1n) is 8.96. The van der Waals surface area contributed by atoms with Crippen molar-refractivity contribution in [3.05, 3.63) is 0 Å². The highest BCUT2D eigenvalue weighted by atomic mass is 32.2. The highest BCUT2D eigenvalue weighted by molar-refractivity contribution is 8.13. The molecule has 0 amide bonds. The van der Waals surface area contributed by atoms with Crippen LogP contribution in [-0.2, 0) is 4.79 Å². The van der Waals surface area contributed by atoms with Crippen LogP contribution in [0, 0.1) is 0 Å². The number of rotatable bonds is 15. The molecule has 0 aliphatic rings. The van der Waals surface area contributed by atoms with E-state index in [0.717, 1.165) is 18.6 Å². The Bertz CT molecular complexity index is 204. The first-order valence-corrected chi connectivity index (χ1v) is 9.95. The lowest BCUT2D eigenvalue weighted by Gasteiger charge is -2.02. The highest BCUT2D eigenvalue weighted by Gasteiger charge is 2.01. The van der Waals surface area contributed by atoms with E-state index in [1.54, 1.807) is 11.8 Å². The molecule has 0 aliphatic carbocycles. The topological polar surface area (TPSA) is 17.1 Å². The van der Waals surface area contributed by atoms with Gasteiger partial charge in [0.25, 0.3) is 0 Å². The summed E-state index contributed by atoms with van der Waals surface area (Å²) in [6.45, 7) is 4.45. The second-order valence-corrected chi connectivity index (χ2v) is 7.01. The van der Waals surface area contributed by atoms with Gasteiger partial charge in [-0.3, -0.25) is 4.79 Å². The van der Waals surface area contributed by atoms with Crippen molar-refractivity contribution in [1.82, 2.24) is 0 Å². The van der Waals surface area contributed by atoms with Crippen molar-refractivity contribution in [2.75, 3.05) is 5.75 Å². The van der Waals surface area contributed by atoms with E-state index >= 15 is 0 Å². The van der Waals surface area contributed by atoms with Crippen LogP contribution in [0.5, 0.6) is 0 Å². The lowest BCUT2D eigenvalue weighted by atomic mass is 10.1. The standard InChI is InChI=1S/C18H36OS/c1-3-5-7-8-9-10-11-12-13-15-17-20-18(19)16-14-6-4-2/h3-17H2,1-2H3. The molecule has 0 radical (unpaired) electrons. The third-order valence-electron chi connectivity index (χ3n) is 3.75. The maximum Gasteiger partial charge on any atom is 0.188 e. The third-order valence-corrected chi connectivity index (χ3v) is 4.76. The van der Waals surface area contributed by atoms with Gasteiger partial charge in [0.15, 0.2) is 5.12 Å². The quantitative estimate of drug-likeness (QED) is 0.311. The molecular formula is C18H36OS. The number of carbonyl (C=O) groups is 1. The molecule has 0 heterocycles. The van der Waals surface area contributed by atoms with E-state index in [9.17, 15) is 4.79 Å². The summed E-state index contributed by atoms with van der Waals surface area (Å²) < 4.78 is 0. The van der Waals surface area contributed by atoms with Gasteiger partial charge in [-0.25, -0.2) is 0 Å². The summed E-state index contributed by atoms with van der Waals surface area (Å²) in [5.41, 5.74) is 0. The third kappa shape index (κ3) is 16.1. The van der Waals surface area contributed by atoms with E-state index in [0.29, 0.717) is 5.12 Å². The molecule has 0 saturated heterocycles. The Morgan fingerprint density at radius 3 is 1.65 bits per heavy atom. The Kier molecular flexibility index (Phi) is 17.1. The van der Waals surface area contributed by atoms with Gasteiger partial charge in [0.2, 0.25) is 0 Å². The molecule has 0 aromatic heterocycles. The van der Waals surface area contributed by atoms with Gasteiger partial charge in [0, 0.05) is 12.2 Å². The van der Waals surface area contributed by atoms with E-state index in [1.807, 2.05) is 0 Å². The summed E-state index contributed by atoms with van der Waals surface area (Å²) in [7, 11) is 0. The van der Waals surface area contributed by atoms with Crippen LogP contribution in [0.1, 0.15) is 104 Å². The molecule has 0 bridgehead atoms. The Morgan fingerprint density at radius 1 is 0.650 bits per heavy atom. The van der Waals surface area contributed by atoms with Crippen LogP contribution in [0.2, 0.25) is 0 Å². The zero-order chi connectivity index (χ0) is 14.9. The molecule has 0 spiro atoms. The number of unbranched alkanes of at least 4 members (excludes halogenated alkanes) is 11. The molecule has 0 rings (SSSR count). The maximum absolute atomic E-state index is 11.5. The molecule has 0 atom stereocenters. The molecule has 20 heavy (non-hydrogen) atoms. The average Bonchev–Trinajstić information content (AvgIpc) is 2.45. The van der Waals surface area contributed by atoms with E-state index in [2.05, 4.69) is 13.8 Å². The Hall–Kier alpha value is 0.0200. The zero-order valence-electron chi connectivity index (χ0n) is 13.9. The summed E-state index contributed by atoms with van der Waals surface area (Å²) in [5.74, 6) is 1.04. The van der Waals surface area contributed by atoms with Gasteiger partial charge in [-0.05, 0) is 12.8 Å². The molecule has 0 aromatic rings. The molecule has 0 saturated carbocycles. The SMILES string of the molecule is CCCCCCCCCCCCSC(=O)CCCCC. The summed E-state index contributed by atoms with van der Waals surface area (Å²) in [6.07, 6.45) is 18.0. The summed E-state index contributed by atoms with van der Waals surface area (Å²) in [5, 5.41) is 0.411. The van der Waals surface area contributed by atoms with Crippen molar-refractivity contribution in [2.24, 2.45) is 0 Å². The molecule has 0 aromatic carbocycles. The van der Waals surface area contributed by atoms with Crippen molar-refractivity contribution in [3.8, 4) is 0 Å². The molecule has 0 fully saturated rings. The smallest absolute Gasteiger partial charge is 0.188 e. The Balaban J connectivity index is 3.07. The van der Waals surface area contributed by atoms with E-state index < -0.39 is 0 Å². The number of hydrogen-bond donors (Lipinski definition) is 0. The van der Waals surface area contributed by atoms with Crippen molar-refractivity contribution in [2.45, 2.75) is 104 Å². The first kappa shape index (κ1) is 20.0. The largest absolute Gasteiger partial charge is 0.287 e. The number of thioether (sulfide) groups is 1. The van der Waals surface area contributed by atoms with Crippen molar-refractivity contribution in [3.63, 3.8) is 0 Å². The van der Waals surface area contributed by atoms with Gasteiger partial charge < -0.3 is 0 Å². The monoisotopic (exact) mass is 300 g/mol. The van der Waals surface area contributed by atoms with E-state index in [1.165, 1.54) is 77.0 Å². The predicted molar refractivity (Wildman–Crippen MR) is 93.5 cm³/mol. The zero-order valence-corrected chi connectivity index (χ0v) is 14.7. The fraction of sp³-hybridized carbons (Fsp3) is 0.944. The van der Waals surface area contributed by atoms with Crippen LogP contribution in [-0.4, -0.2) is 10.9 Å². The van der Waals surface area contributed by atoms with Crippen molar-refractivity contribution < 1.29 is 4.79 Å². The van der Waals surface area contributed by atoms with Gasteiger partial charge in [0.1, 0.15) is 0 Å². The fourth-order valence-corrected chi connectivity index (χ4v) is 3.23. The minimum atomic E-state index is 0.411. The fourth-order valence-electron chi connectivity index (χ4n) is 2.37. The van der Waals surface area contributed by atoms with Gasteiger partial charge in [-0.1, -0.05) is 96.2 Å². The highest BCUT2D eigenvalue weighted by Crippen LogP contribution is 2.14. The molecular weight excluding hydrogens is 264 g/mol. The summed E-state index contributed by atoms with van der Waals surface area (Å²) >= 11 is 1.57. The molecule has 0 aliphatic heterocycles. The van der Waals surface area contributed by atoms with Gasteiger partial charge >= 0.3 is 0 Å². The average molecular weight is 301 g/mol. The predicted octanol–water partition coefficient (Wildman–Crippen LogP) is 6.75. The second kappa shape index (κ2) is 17.1. The maximum atomic E-state index is 11.5. The number of carbonyl (C=O) groups excluding carboxylic acids is 1. The van der Waals surface area contributed by atoms with Crippen LogP contribution in [0.3, 0.4) is 0 Å². The van der Waals surface area contributed by atoms with Gasteiger partial charge in [0.05, 0.1) is 0 Å². The molecule has 0 N–H and O–H groups in total. The van der Waals surface area contributed by atoms with Crippen LogP contribution in [0.15, 0.2) is 0 Å². The second-order valence-electron chi connectivity index (χ2n) is 5.86. The summed E-state index contributed by atoms with van der Waals surface area (Å²) in [6, 6.07) is 0. The Morgan fingerprint density at radius 2 is 1.10 bits per heavy atom. The first-order chi connectivity index (χ1) is 9.81. The van der Waals surface area contributed by atoms with Gasteiger partial charge in [-0.15, -0.1) is 0 Å². The lowest BCUT2D eigenvalue weighted by Crippen LogP contribution is -1.93. The van der Waals surface area contributed by atoms with Crippen LogP contribution < -0.4 is 0 Å². The molecule has 120 valence electrons.